The number of fused-ring (bicyclic) bond motifs is 8. The van der Waals surface area contributed by atoms with Crippen molar-refractivity contribution in [3.05, 3.63) is 186 Å². The summed E-state index contributed by atoms with van der Waals surface area (Å²) in [5, 5.41) is 0. The van der Waals surface area contributed by atoms with Crippen molar-refractivity contribution in [2.75, 3.05) is 39.6 Å². The molecule has 0 amide bonds. The van der Waals surface area contributed by atoms with Crippen LogP contribution in [0.25, 0.3) is 0 Å². The first kappa shape index (κ1) is 41.6. The summed E-state index contributed by atoms with van der Waals surface area (Å²) < 4.78 is 40.6. The van der Waals surface area contributed by atoms with Crippen LogP contribution in [-0.4, -0.2) is 39.6 Å². The molecule has 0 radical (unpaired) electrons. The Hall–Kier alpha value is -4.60. The van der Waals surface area contributed by atoms with E-state index in [1.54, 1.807) is 0 Å². The van der Waals surface area contributed by atoms with Gasteiger partial charge in [-0.2, -0.15) is 0 Å². The van der Waals surface area contributed by atoms with Crippen molar-refractivity contribution >= 4 is 31.9 Å². The van der Waals surface area contributed by atoms with Gasteiger partial charge in [-0.1, -0.05) is 129 Å². The van der Waals surface area contributed by atoms with Crippen LogP contribution in [0.5, 0.6) is 23.0 Å². The van der Waals surface area contributed by atoms with E-state index in [9.17, 15) is 0 Å². The Morgan fingerprint density at radius 1 is 0.379 bits per heavy atom. The highest BCUT2D eigenvalue weighted by atomic mass is 79.9. The van der Waals surface area contributed by atoms with Crippen LogP contribution in [0, 0.1) is 0 Å². The quantitative estimate of drug-likeness (QED) is 0.0901. The molecule has 0 saturated carbocycles. The maximum atomic E-state index is 6.86. The molecule has 0 N–H and O–H groups in total. The molecule has 0 heterocycles. The van der Waals surface area contributed by atoms with Gasteiger partial charge in [-0.3, -0.25) is 0 Å². The molecule has 6 nitrogen and oxygen atoms in total. The Labute approximate surface area is 359 Å². The lowest BCUT2D eigenvalue weighted by molar-refractivity contribution is 0.109. The van der Waals surface area contributed by atoms with Gasteiger partial charge < -0.3 is 28.4 Å². The zero-order valence-electron chi connectivity index (χ0n) is 33.2. The molecule has 0 saturated heterocycles. The zero-order valence-corrected chi connectivity index (χ0v) is 36.4. The summed E-state index contributed by atoms with van der Waals surface area (Å²) in [6.07, 6.45) is 2.36. The second-order valence-electron chi connectivity index (χ2n) is 14.3. The fourth-order valence-electron chi connectivity index (χ4n) is 7.50. The van der Waals surface area contributed by atoms with Gasteiger partial charge in [0.25, 0.3) is 0 Å². The highest BCUT2D eigenvalue weighted by Crippen LogP contribution is 2.41. The predicted octanol–water partition coefficient (Wildman–Crippen LogP) is 11.9. The first-order valence-corrected chi connectivity index (χ1v) is 21.7. The van der Waals surface area contributed by atoms with Crippen molar-refractivity contribution in [2.45, 2.75) is 52.7 Å². The van der Waals surface area contributed by atoms with Crippen molar-refractivity contribution in [3.63, 3.8) is 0 Å². The number of hydrogen-bond acceptors (Lipinski definition) is 6. The lowest BCUT2D eigenvalue weighted by Gasteiger charge is -2.23. The van der Waals surface area contributed by atoms with E-state index in [4.69, 9.17) is 28.4 Å². The predicted molar refractivity (Wildman–Crippen MR) is 238 cm³/mol. The number of ether oxygens (including phenoxy) is 6. The third-order valence-corrected chi connectivity index (χ3v) is 11.0. The fraction of sp³-hybridized carbons (Fsp3) is 0.280. The van der Waals surface area contributed by atoms with E-state index in [1.165, 1.54) is 0 Å². The van der Waals surface area contributed by atoms with Crippen molar-refractivity contribution in [1.29, 1.82) is 0 Å². The molecule has 0 aromatic heterocycles. The lowest BCUT2D eigenvalue weighted by Crippen LogP contribution is -2.12. The van der Waals surface area contributed by atoms with E-state index in [0.717, 1.165) is 87.6 Å². The molecule has 6 aromatic carbocycles. The van der Waals surface area contributed by atoms with Gasteiger partial charge in [0.1, 0.15) is 49.4 Å². The molecule has 8 bridgehead atoms. The van der Waals surface area contributed by atoms with E-state index in [1.807, 2.05) is 50.2 Å². The highest BCUT2D eigenvalue weighted by molar-refractivity contribution is 9.10. The van der Waals surface area contributed by atoms with Gasteiger partial charge in [0.2, 0.25) is 0 Å². The molecule has 6 aromatic rings. The molecule has 0 unspecified atom stereocenters. The van der Waals surface area contributed by atoms with E-state index >= 15 is 0 Å². The summed E-state index contributed by atoms with van der Waals surface area (Å²) in [5.41, 5.74) is 10.7. The largest absolute Gasteiger partial charge is 0.491 e. The van der Waals surface area contributed by atoms with Crippen molar-refractivity contribution in [1.82, 2.24) is 0 Å². The van der Waals surface area contributed by atoms with Gasteiger partial charge in [-0.05, 0) is 71.5 Å². The Morgan fingerprint density at radius 2 is 0.707 bits per heavy atom. The lowest BCUT2D eigenvalue weighted by atomic mass is 9.91. The second-order valence-corrected chi connectivity index (χ2v) is 16.1. The minimum atomic E-state index is 0.430. The van der Waals surface area contributed by atoms with Gasteiger partial charge in [0.15, 0.2) is 0 Å². The second kappa shape index (κ2) is 20.9. The average Bonchev–Trinajstić information content (AvgIpc) is 3.22. The number of hydrogen-bond donors (Lipinski definition) is 0. The smallest absolute Gasteiger partial charge is 0.126 e. The molecule has 58 heavy (non-hydrogen) atoms. The number of benzene rings is 6. The van der Waals surface area contributed by atoms with Crippen LogP contribution in [0.1, 0.15) is 69.5 Å². The Bertz CT molecular complexity index is 2010. The topological polar surface area (TPSA) is 55.4 Å². The molecular weight excluding hydrogens is 856 g/mol. The van der Waals surface area contributed by atoms with Crippen molar-refractivity contribution < 1.29 is 28.4 Å². The van der Waals surface area contributed by atoms with E-state index in [0.29, 0.717) is 78.5 Å². The SMILES string of the molecule is CCOCCOc1c2cc(Br)cc1Cc1cccc(c1OCc1ccccc1)Cc1cc(Br)cc(c1OCCOCC)Cc1cccc(c1OCc1ccccc1)C2. The molecule has 8 heteroatoms. The van der Waals surface area contributed by atoms with Crippen LogP contribution in [-0.2, 0) is 48.4 Å². The average molecular weight is 907 g/mol. The normalized spacial score (nSPS) is 12.2. The minimum Gasteiger partial charge on any atom is -0.491 e. The Balaban J connectivity index is 1.41. The van der Waals surface area contributed by atoms with E-state index < -0.39 is 0 Å². The monoisotopic (exact) mass is 904 g/mol. The maximum absolute atomic E-state index is 6.86. The van der Waals surface area contributed by atoms with Crippen LogP contribution in [0.4, 0.5) is 0 Å². The molecule has 0 aliphatic heterocycles. The van der Waals surface area contributed by atoms with Crippen LogP contribution in [0.2, 0.25) is 0 Å². The summed E-state index contributed by atoms with van der Waals surface area (Å²) in [7, 11) is 0. The van der Waals surface area contributed by atoms with Crippen molar-refractivity contribution in [3.8, 4) is 23.0 Å². The summed E-state index contributed by atoms with van der Waals surface area (Å²) in [6, 6.07) is 42.3. The summed E-state index contributed by atoms with van der Waals surface area (Å²) in [6.45, 7) is 8.00. The summed E-state index contributed by atoms with van der Waals surface area (Å²) >= 11 is 7.78. The number of para-hydroxylation sites is 2. The third kappa shape index (κ3) is 10.9. The zero-order chi connectivity index (χ0) is 40.1. The van der Waals surface area contributed by atoms with Gasteiger partial charge in [-0.15, -0.1) is 0 Å². The molecule has 0 fully saturated rings. The Morgan fingerprint density at radius 3 is 1.03 bits per heavy atom. The van der Waals surface area contributed by atoms with E-state index in [-0.39, 0.29) is 0 Å². The Kier molecular flexibility index (Phi) is 15.0. The van der Waals surface area contributed by atoms with Crippen LogP contribution in [0.15, 0.2) is 130 Å². The van der Waals surface area contributed by atoms with E-state index in [2.05, 4.69) is 117 Å². The molecule has 0 spiro atoms. The summed E-state index contributed by atoms with van der Waals surface area (Å²) in [4.78, 5) is 0. The molecule has 300 valence electrons. The molecule has 0 atom stereocenters. The molecular formula is C50H50Br2O6. The van der Waals surface area contributed by atoms with Gasteiger partial charge in [0, 0.05) is 70.1 Å². The van der Waals surface area contributed by atoms with Crippen LogP contribution in [0.3, 0.4) is 0 Å². The first-order chi connectivity index (χ1) is 28.5. The maximum Gasteiger partial charge on any atom is 0.126 e. The highest BCUT2D eigenvalue weighted by Gasteiger charge is 2.23. The van der Waals surface area contributed by atoms with Gasteiger partial charge in [-0.25, -0.2) is 0 Å². The molecule has 1 aliphatic rings. The standard InChI is InChI=1S/C50H50Br2O6/c1-3-53-21-23-55-49-41-25-37-17-11-19-39(47(37)57-33-35-13-7-5-8-14-35)27-43-31-46(52)32-44(50(43)56-24-22-54-4-2)28-40-20-12-18-38(26-42(49)30-45(51)29-41)48(40)58-34-36-15-9-6-10-16-36/h5-20,29-32H,3-4,21-28,33-34H2,1-2H3. The number of rotatable bonds is 16. The summed E-state index contributed by atoms with van der Waals surface area (Å²) in [5.74, 6) is 3.44. The van der Waals surface area contributed by atoms with Crippen molar-refractivity contribution in [2.24, 2.45) is 0 Å². The van der Waals surface area contributed by atoms with Crippen LogP contribution >= 0.6 is 31.9 Å². The fourth-order valence-corrected chi connectivity index (χ4v) is 8.60. The van der Waals surface area contributed by atoms with Gasteiger partial charge >= 0.3 is 0 Å². The first-order valence-electron chi connectivity index (χ1n) is 20.1. The van der Waals surface area contributed by atoms with Gasteiger partial charge in [0.05, 0.1) is 13.2 Å². The third-order valence-electron chi connectivity index (χ3n) is 10.1. The molecule has 1 aliphatic carbocycles. The minimum absolute atomic E-state index is 0.430. The number of halogens is 2. The van der Waals surface area contributed by atoms with Crippen LogP contribution < -0.4 is 18.9 Å². The molecule has 7 rings (SSSR count).